The second-order valence-corrected chi connectivity index (χ2v) is 6.24. The lowest BCUT2D eigenvalue weighted by molar-refractivity contribution is 0.0588. The van der Waals surface area contributed by atoms with Gasteiger partial charge in [-0.1, -0.05) is 23.4 Å². The van der Waals surface area contributed by atoms with Gasteiger partial charge in [-0.05, 0) is 24.3 Å². The van der Waals surface area contributed by atoms with Gasteiger partial charge in [-0.25, -0.2) is 9.78 Å². The molecule has 0 saturated heterocycles. The van der Waals surface area contributed by atoms with E-state index in [1.165, 1.54) is 30.2 Å². The van der Waals surface area contributed by atoms with E-state index in [9.17, 15) is 4.79 Å². The van der Waals surface area contributed by atoms with Crippen LogP contribution in [0.3, 0.4) is 0 Å². The topological polar surface area (TPSA) is 43.6 Å². The molecule has 0 amide bonds. The van der Waals surface area contributed by atoms with Crippen LogP contribution < -0.4 is 0 Å². The van der Waals surface area contributed by atoms with Gasteiger partial charge < -0.3 is 4.74 Å². The average molecular weight is 325 g/mol. The van der Waals surface area contributed by atoms with Crippen LogP contribution in [0, 0.1) is 0 Å². The second-order valence-electron chi connectivity index (χ2n) is 3.87. The van der Waals surface area contributed by atoms with Crippen molar-refractivity contribution in [2.75, 3.05) is 7.11 Å². The maximum Gasteiger partial charge on any atom is 0.357 e. The van der Waals surface area contributed by atoms with E-state index >= 15 is 0 Å². The maximum absolute atomic E-state index is 11.9. The van der Waals surface area contributed by atoms with Gasteiger partial charge in [0.1, 0.15) is 5.03 Å². The molecule has 7 heteroatoms. The molecule has 3 aromatic rings. The summed E-state index contributed by atoms with van der Waals surface area (Å²) in [6.07, 6.45) is 1.81. The third-order valence-electron chi connectivity index (χ3n) is 2.64. The minimum Gasteiger partial charge on any atom is -0.464 e. The monoisotopic (exact) mass is 324 g/mol. The summed E-state index contributed by atoms with van der Waals surface area (Å²) in [5.74, 6) is -0.396. The van der Waals surface area contributed by atoms with Crippen molar-refractivity contribution in [3.63, 3.8) is 0 Å². The van der Waals surface area contributed by atoms with Gasteiger partial charge in [-0.15, -0.1) is 11.3 Å². The fourth-order valence-electron chi connectivity index (χ4n) is 1.73. The number of nitrogens with zero attached hydrogens (tertiary/aromatic N) is 2. The highest BCUT2D eigenvalue weighted by atomic mass is 35.5. The number of halogens is 1. The summed E-state index contributed by atoms with van der Waals surface area (Å²) >= 11 is 8.75. The molecule has 0 N–H and O–H groups in total. The van der Waals surface area contributed by atoms with Gasteiger partial charge in [0.25, 0.3) is 0 Å². The van der Waals surface area contributed by atoms with Gasteiger partial charge >= 0.3 is 5.97 Å². The molecule has 2 aromatic heterocycles. The van der Waals surface area contributed by atoms with Crippen LogP contribution in [0.2, 0.25) is 5.02 Å². The lowest BCUT2D eigenvalue weighted by Crippen LogP contribution is -2.05. The van der Waals surface area contributed by atoms with Crippen LogP contribution >= 0.6 is 34.7 Å². The summed E-state index contributed by atoms with van der Waals surface area (Å²) in [4.78, 5) is 18.1. The first kappa shape index (κ1) is 13.5. The fraction of sp³-hybridized carbons (Fsp3) is 0.0769. The number of methoxy groups -OCH3 is 1. The van der Waals surface area contributed by atoms with Crippen molar-refractivity contribution in [2.24, 2.45) is 0 Å². The molecule has 0 aliphatic rings. The third kappa shape index (κ3) is 2.42. The lowest BCUT2D eigenvalue weighted by atomic mass is 10.4. The Morgan fingerprint density at radius 3 is 2.85 bits per heavy atom. The normalized spacial score (nSPS) is 10.9. The van der Waals surface area contributed by atoms with E-state index in [4.69, 9.17) is 16.3 Å². The van der Waals surface area contributed by atoms with Crippen LogP contribution in [-0.4, -0.2) is 22.5 Å². The van der Waals surface area contributed by atoms with Crippen LogP contribution in [0.25, 0.3) is 4.96 Å². The summed E-state index contributed by atoms with van der Waals surface area (Å²) < 4.78 is 6.58. The van der Waals surface area contributed by atoms with Crippen molar-refractivity contribution in [2.45, 2.75) is 9.92 Å². The molecule has 102 valence electrons. The summed E-state index contributed by atoms with van der Waals surface area (Å²) in [5, 5.41) is 3.19. The molecule has 4 nitrogen and oxygen atoms in total. The Labute approximate surface area is 128 Å². The summed E-state index contributed by atoms with van der Waals surface area (Å²) in [5.41, 5.74) is 0.448. The Balaban J connectivity index is 2.04. The number of carbonyl (C=O) groups is 1. The van der Waals surface area contributed by atoms with E-state index in [0.29, 0.717) is 15.7 Å². The van der Waals surface area contributed by atoms with Gasteiger partial charge in [0.05, 0.1) is 7.11 Å². The van der Waals surface area contributed by atoms with E-state index in [0.717, 1.165) is 9.86 Å². The number of fused-ring (bicyclic) bond motifs is 1. The van der Waals surface area contributed by atoms with E-state index < -0.39 is 5.97 Å². The Morgan fingerprint density at radius 2 is 2.15 bits per heavy atom. The average Bonchev–Trinajstić information content (AvgIpc) is 3.01. The van der Waals surface area contributed by atoms with Gasteiger partial charge in [-0.2, -0.15) is 0 Å². The number of imidazole rings is 1. The first-order chi connectivity index (χ1) is 9.69. The molecule has 0 aliphatic heterocycles. The number of carbonyl (C=O) groups excluding carboxylic acids is 1. The van der Waals surface area contributed by atoms with Crippen LogP contribution in [0.1, 0.15) is 10.5 Å². The molecule has 20 heavy (non-hydrogen) atoms. The molecule has 0 saturated carbocycles. The van der Waals surface area contributed by atoms with Crippen molar-refractivity contribution >= 4 is 45.6 Å². The molecule has 0 spiro atoms. The SMILES string of the molecule is COC(=O)c1c(Sc2ccc(Cl)cc2)nc2sccn12. The van der Waals surface area contributed by atoms with Crippen molar-refractivity contribution < 1.29 is 9.53 Å². The highest BCUT2D eigenvalue weighted by Gasteiger charge is 2.21. The zero-order chi connectivity index (χ0) is 14.1. The Kier molecular flexibility index (Phi) is 3.69. The molecular weight excluding hydrogens is 316 g/mol. The predicted octanol–water partition coefficient (Wildman–Crippen LogP) is 3.99. The van der Waals surface area contributed by atoms with Crippen LogP contribution in [-0.2, 0) is 4.74 Å². The lowest BCUT2D eigenvalue weighted by Gasteiger charge is -2.02. The highest BCUT2D eigenvalue weighted by Crippen LogP contribution is 2.32. The first-order valence-corrected chi connectivity index (χ1v) is 7.73. The van der Waals surface area contributed by atoms with Gasteiger partial charge in [-0.3, -0.25) is 4.40 Å². The van der Waals surface area contributed by atoms with Gasteiger partial charge in [0.15, 0.2) is 10.7 Å². The number of thiazole rings is 1. The smallest absolute Gasteiger partial charge is 0.357 e. The minimum atomic E-state index is -0.396. The molecule has 0 atom stereocenters. The molecule has 1 aromatic carbocycles. The van der Waals surface area contributed by atoms with Crippen molar-refractivity contribution in [3.05, 3.63) is 46.6 Å². The predicted molar refractivity (Wildman–Crippen MR) is 80.0 cm³/mol. The van der Waals surface area contributed by atoms with Crippen LogP contribution in [0.4, 0.5) is 0 Å². The number of rotatable bonds is 3. The van der Waals surface area contributed by atoms with Crippen LogP contribution in [0.5, 0.6) is 0 Å². The number of ether oxygens (including phenoxy) is 1. The molecule has 0 aliphatic carbocycles. The van der Waals surface area contributed by atoms with Crippen molar-refractivity contribution in [1.82, 2.24) is 9.38 Å². The van der Waals surface area contributed by atoms with E-state index in [-0.39, 0.29) is 0 Å². The van der Waals surface area contributed by atoms with Crippen LogP contribution in [0.15, 0.2) is 45.8 Å². The quantitative estimate of drug-likeness (QED) is 0.683. The highest BCUT2D eigenvalue weighted by molar-refractivity contribution is 7.99. The number of aromatic nitrogens is 2. The number of hydrogen-bond acceptors (Lipinski definition) is 5. The van der Waals surface area contributed by atoms with Crippen molar-refractivity contribution in [3.8, 4) is 0 Å². The Morgan fingerprint density at radius 1 is 1.40 bits per heavy atom. The molecule has 0 bridgehead atoms. The summed E-state index contributed by atoms with van der Waals surface area (Å²) in [6.45, 7) is 0. The number of hydrogen-bond donors (Lipinski definition) is 0. The summed E-state index contributed by atoms with van der Waals surface area (Å²) in [6, 6.07) is 7.39. The Bertz CT molecular complexity index is 764. The van der Waals surface area contributed by atoms with Crippen molar-refractivity contribution in [1.29, 1.82) is 0 Å². The summed E-state index contributed by atoms with van der Waals surface area (Å²) in [7, 11) is 1.37. The first-order valence-electron chi connectivity index (χ1n) is 5.66. The molecule has 2 heterocycles. The standard InChI is InChI=1S/C13H9ClN2O2S2/c1-18-12(17)10-11(15-13-16(10)6-7-19-13)20-9-4-2-8(14)3-5-9/h2-7H,1H3. The number of esters is 1. The van der Waals surface area contributed by atoms with Gasteiger partial charge in [0, 0.05) is 21.5 Å². The van der Waals surface area contributed by atoms with Gasteiger partial charge in [0.2, 0.25) is 0 Å². The molecule has 3 rings (SSSR count). The third-order valence-corrected chi connectivity index (χ3v) is 4.63. The second kappa shape index (κ2) is 5.47. The zero-order valence-electron chi connectivity index (χ0n) is 10.4. The van der Waals surface area contributed by atoms with E-state index in [1.54, 1.807) is 16.5 Å². The zero-order valence-corrected chi connectivity index (χ0v) is 12.8. The fourth-order valence-corrected chi connectivity index (χ4v) is 3.54. The van der Waals surface area contributed by atoms with E-state index in [1.807, 2.05) is 23.7 Å². The largest absolute Gasteiger partial charge is 0.464 e. The molecule has 0 radical (unpaired) electrons. The maximum atomic E-state index is 11.9. The Hall–Kier alpha value is -1.50. The minimum absolute atomic E-state index is 0.396. The molecule has 0 unspecified atom stereocenters. The van der Waals surface area contributed by atoms with E-state index in [2.05, 4.69) is 4.98 Å². The number of benzene rings is 1. The molecular formula is C13H9ClN2O2S2. The molecule has 0 fully saturated rings.